The van der Waals surface area contributed by atoms with E-state index in [2.05, 4.69) is 0 Å². The van der Waals surface area contributed by atoms with Crippen LogP contribution in [0.4, 0.5) is 0 Å². The van der Waals surface area contributed by atoms with Crippen LogP contribution in [0.2, 0.25) is 0 Å². The fourth-order valence-electron chi connectivity index (χ4n) is 4.04. The number of hydrogen-bond donors (Lipinski definition) is 1. The van der Waals surface area contributed by atoms with E-state index in [-0.39, 0.29) is 23.6 Å². The number of carbonyl (C=O) groups excluding carboxylic acids is 3. The van der Waals surface area contributed by atoms with Crippen LogP contribution >= 0.6 is 0 Å². The van der Waals surface area contributed by atoms with Crippen LogP contribution in [0.5, 0.6) is 17.2 Å². The van der Waals surface area contributed by atoms with Crippen LogP contribution in [0.3, 0.4) is 0 Å². The molecule has 1 unspecified atom stereocenters. The molecule has 1 N–H and O–H groups in total. The van der Waals surface area contributed by atoms with Crippen molar-refractivity contribution in [1.29, 1.82) is 0 Å². The van der Waals surface area contributed by atoms with Gasteiger partial charge >= 0.3 is 5.97 Å². The Morgan fingerprint density at radius 3 is 2.34 bits per heavy atom. The standard InChI is InChI=1S/C26H30N2O7/c1-15-13-18(33-5)8-9-19(15)24(30)22-23(28(12-11-27(3)4)26(32)25(22)31)17-7-10-20(34-6)21(14-17)35-16(2)29/h7-10,13-14,23,30H,11-12H2,1-6H3/b24-22-. The number of nitrogens with zero attached hydrogens (tertiary/aromatic N) is 2. The summed E-state index contributed by atoms with van der Waals surface area (Å²) in [7, 11) is 6.70. The molecule has 186 valence electrons. The minimum Gasteiger partial charge on any atom is -0.507 e. The molecule has 0 radical (unpaired) electrons. The molecule has 0 aliphatic carbocycles. The number of ketones is 1. The van der Waals surface area contributed by atoms with Gasteiger partial charge in [0.15, 0.2) is 11.5 Å². The molecule has 1 heterocycles. The van der Waals surface area contributed by atoms with Crippen molar-refractivity contribution in [2.24, 2.45) is 0 Å². The van der Waals surface area contributed by atoms with Crippen molar-refractivity contribution in [3.8, 4) is 17.2 Å². The fourth-order valence-corrected chi connectivity index (χ4v) is 4.04. The average Bonchev–Trinajstić information content (AvgIpc) is 3.06. The van der Waals surface area contributed by atoms with Gasteiger partial charge < -0.3 is 29.1 Å². The first-order chi connectivity index (χ1) is 16.6. The molecule has 0 saturated carbocycles. The van der Waals surface area contributed by atoms with Crippen molar-refractivity contribution in [2.45, 2.75) is 19.9 Å². The van der Waals surface area contributed by atoms with Crippen LogP contribution in [0.1, 0.15) is 29.7 Å². The lowest BCUT2D eigenvalue weighted by Crippen LogP contribution is -2.35. The number of amides is 1. The van der Waals surface area contributed by atoms with E-state index in [9.17, 15) is 19.5 Å². The summed E-state index contributed by atoms with van der Waals surface area (Å²) < 4.78 is 15.8. The Kier molecular flexibility index (Phi) is 7.81. The van der Waals surface area contributed by atoms with Gasteiger partial charge in [-0.2, -0.15) is 0 Å². The molecule has 3 rings (SSSR count). The predicted octanol–water partition coefficient (Wildman–Crippen LogP) is 2.92. The number of esters is 1. The molecule has 9 nitrogen and oxygen atoms in total. The number of ether oxygens (including phenoxy) is 3. The molecule has 1 aliphatic heterocycles. The number of benzene rings is 2. The van der Waals surface area contributed by atoms with E-state index in [0.717, 1.165) is 0 Å². The van der Waals surface area contributed by atoms with Crippen LogP contribution < -0.4 is 14.2 Å². The summed E-state index contributed by atoms with van der Waals surface area (Å²) in [6.45, 7) is 3.79. The highest BCUT2D eigenvalue weighted by molar-refractivity contribution is 6.46. The third kappa shape index (κ3) is 5.30. The van der Waals surface area contributed by atoms with E-state index in [1.807, 2.05) is 19.0 Å². The van der Waals surface area contributed by atoms with Gasteiger partial charge in [-0.1, -0.05) is 6.07 Å². The number of Topliss-reactive ketones (excluding diaryl/α,β-unsaturated/α-hetero) is 1. The van der Waals surface area contributed by atoms with E-state index in [1.54, 1.807) is 43.3 Å². The summed E-state index contributed by atoms with van der Waals surface area (Å²) in [5.41, 5.74) is 1.54. The number of likely N-dealkylation sites (tertiary alicyclic amines) is 1. The Morgan fingerprint density at radius 1 is 1.06 bits per heavy atom. The second kappa shape index (κ2) is 10.6. The first-order valence-electron chi connectivity index (χ1n) is 11.0. The quantitative estimate of drug-likeness (QED) is 0.201. The smallest absolute Gasteiger partial charge is 0.308 e. The number of aryl methyl sites for hydroxylation is 1. The first kappa shape index (κ1) is 25.8. The predicted molar refractivity (Wildman–Crippen MR) is 130 cm³/mol. The van der Waals surface area contributed by atoms with Gasteiger partial charge in [-0.25, -0.2) is 0 Å². The van der Waals surface area contributed by atoms with E-state index in [1.165, 1.54) is 26.0 Å². The molecule has 2 aromatic carbocycles. The molecule has 0 bridgehead atoms. The SMILES string of the molecule is COc1ccc(/C(O)=C2/C(=O)C(=O)N(CCN(C)C)C2c2ccc(OC)c(OC(C)=O)c2)c(C)c1. The van der Waals surface area contributed by atoms with Crippen molar-refractivity contribution in [3.05, 3.63) is 58.7 Å². The summed E-state index contributed by atoms with van der Waals surface area (Å²) in [5.74, 6) is -1.26. The first-order valence-corrected chi connectivity index (χ1v) is 11.0. The zero-order chi connectivity index (χ0) is 25.9. The van der Waals surface area contributed by atoms with Gasteiger partial charge in [0.25, 0.3) is 11.7 Å². The topological polar surface area (TPSA) is 106 Å². The molecule has 35 heavy (non-hydrogen) atoms. The molecule has 1 amide bonds. The molecule has 0 spiro atoms. The van der Waals surface area contributed by atoms with Crippen LogP contribution in [0, 0.1) is 6.92 Å². The summed E-state index contributed by atoms with van der Waals surface area (Å²) >= 11 is 0. The molecule has 1 fully saturated rings. The maximum absolute atomic E-state index is 13.2. The Morgan fingerprint density at radius 2 is 1.77 bits per heavy atom. The third-order valence-corrected chi connectivity index (χ3v) is 5.77. The van der Waals surface area contributed by atoms with E-state index >= 15 is 0 Å². The largest absolute Gasteiger partial charge is 0.507 e. The zero-order valence-electron chi connectivity index (χ0n) is 20.7. The highest BCUT2D eigenvalue weighted by Gasteiger charge is 2.46. The van der Waals surface area contributed by atoms with Gasteiger partial charge in [-0.15, -0.1) is 0 Å². The minimum absolute atomic E-state index is 0.0408. The molecular weight excluding hydrogens is 452 g/mol. The number of aliphatic hydroxyl groups excluding tert-OH is 1. The number of aliphatic hydroxyl groups is 1. The van der Waals surface area contributed by atoms with Crippen LogP contribution in [-0.2, 0) is 14.4 Å². The van der Waals surface area contributed by atoms with Gasteiger partial charge in [-0.05, 0) is 62.5 Å². The van der Waals surface area contributed by atoms with Crippen molar-refractivity contribution in [2.75, 3.05) is 41.4 Å². The highest BCUT2D eigenvalue weighted by Crippen LogP contribution is 2.42. The Balaban J connectivity index is 2.22. The second-order valence-corrected chi connectivity index (χ2v) is 8.48. The molecular formula is C26H30N2O7. The molecule has 1 aliphatic rings. The molecule has 1 atom stereocenters. The highest BCUT2D eigenvalue weighted by atomic mass is 16.6. The summed E-state index contributed by atoms with van der Waals surface area (Å²) in [4.78, 5) is 41.3. The minimum atomic E-state index is -0.892. The number of likely N-dealkylation sites (N-methyl/N-ethyl adjacent to an activating group) is 1. The summed E-state index contributed by atoms with van der Waals surface area (Å²) in [6, 6.07) is 8.98. The fraction of sp³-hybridized carbons (Fsp3) is 0.346. The Labute approximate surface area is 204 Å². The van der Waals surface area contributed by atoms with Crippen LogP contribution in [0.25, 0.3) is 5.76 Å². The number of carbonyl (C=O) groups is 3. The van der Waals surface area contributed by atoms with Crippen LogP contribution in [-0.4, -0.2) is 74.0 Å². The molecule has 1 saturated heterocycles. The molecule has 2 aromatic rings. The van der Waals surface area contributed by atoms with Crippen LogP contribution in [0.15, 0.2) is 42.0 Å². The third-order valence-electron chi connectivity index (χ3n) is 5.77. The Bertz CT molecular complexity index is 1190. The molecule has 9 heteroatoms. The average molecular weight is 483 g/mol. The Hall–Kier alpha value is -3.85. The van der Waals surface area contributed by atoms with Crippen molar-refractivity contribution in [3.63, 3.8) is 0 Å². The summed E-state index contributed by atoms with van der Waals surface area (Å²) in [6.07, 6.45) is 0. The number of hydrogen-bond acceptors (Lipinski definition) is 8. The normalized spacial score (nSPS) is 17.1. The number of rotatable bonds is 8. The van der Waals surface area contributed by atoms with Crippen molar-refractivity contribution >= 4 is 23.4 Å². The molecule has 0 aromatic heterocycles. The van der Waals surface area contributed by atoms with E-state index in [4.69, 9.17) is 14.2 Å². The van der Waals surface area contributed by atoms with E-state index in [0.29, 0.717) is 34.7 Å². The monoisotopic (exact) mass is 482 g/mol. The van der Waals surface area contributed by atoms with E-state index < -0.39 is 23.7 Å². The summed E-state index contributed by atoms with van der Waals surface area (Å²) in [5, 5.41) is 11.3. The van der Waals surface area contributed by atoms with Gasteiger partial charge in [-0.3, -0.25) is 14.4 Å². The van der Waals surface area contributed by atoms with Crippen molar-refractivity contribution < 1.29 is 33.7 Å². The second-order valence-electron chi connectivity index (χ2n) is 8.48. The maximum atomic E-state index is 13.2. The number of methoxy groups -OCH3 is 2. The lowest BCUT2D eigenvalue weighted by molar-refractivity contribution is -0.140. The van der Waals surface area contributed by atoms with Gasteiger partial charge in [0.1, 0.15) is 11.5 Å². The van der Waals surface area contributed by atoms with Crippen molar-refractivity contribution in [1.82, 2.24) is 9.80 Å². The van der Waals surface area contributed by atoms with Gasteiger partial charge in [0, 0.05) is 25.6 Å². The zero-order valence-corrected chi connectivity index (χ0v) is 20.7. The van der Waals surface area contributed by atoms with Gasteiger partial charge in [0.05, 0.1) is 25.8 Å². The lowest BCUT2D eigenvalue weighted by Gasteiger charge is -2.27. The lowest BCUT2D eigenvalue weighted by atomic mass is 9.93. The maximum Gasteiger partial charge on any atom is 0.308 e. The van der Waals surface area contributed by atoms with Gasteiger partial charge in [0.2, 0.25) is 0 Å².